The predicted octanol–water partition coefficient (Wildman–Crippen LogP) is 3.12. The van der Waals surface area contributed by atoms with Crippen LogP contribution in [0.4, 0.5) is 0 Å². The first-order chi connectivity index (χ1) is 8.58. The van der Waals surface area contributed by atoms with Crippen LogP contribution >= 0.6 is 15.9 Å². The van der Waals surface area contributed by atoms with Crippen molar-refractivity contribution in [3.63, 3.8) is 0 Å². The normalized spacial score (nSPS) is 10.3. The van der Waals surface area contributed by atoms with Crippen LogP contribution in [0.1, 0.15) is 5.56 Å². The van der Waals surface area contributed by atoms with Gasteiger partial charge in [-0.25, -0.2) is 4.79 Å². The molecule has 0 amide bonds. The van der Waals surface area contributed by atoms with Gasteiger partial charge >= 0.3 is 5.97 Å². The van der Waals surface area contributed by atoms with E-state index in [1.165, 1.54) is 13.2 Å². The molecule has 18 heavy (non-hydrogen) atoms. The topological polar surface area (TPSA) is 55.8 Å². The third kappa shape index (κ3) is 3.92. The fraction of sp³-hybridized carbons (Fsp3) is 0.154. The molecule has 0 aromatic heterocycles. The third-order valence-corrected chi connectivity index (χ3v) is 2.60. The summed E-state index contributed by atoms with van der Waals surface area (Å²) in [6, 6.07) is 3.45. The summed E-state index contributed by atoms with van der Waals surface area (Å²) in [5.41, 5.74) is 0.701. The highest BCUT2D eigenvalue weighted by Gasteiger charge is 2.10. The summed E-state index contributed by atoms with van der Waals surface area (Å²) >= 11 is 3.36. The minimum atomic E-state index is -1.00. The van der Waals surface area contributed by atoms with Crippen LogP contribution < -0.4 is 9.47 Å². The van der Waals surface area contributed by atoms with Crippen LogP contribution in [0.5, 0.6) is 11.5 Å². The highest BCUT2D eigenvalue weighted by Crippen LogP contribution is 2.37. The first-order valence-corrected chi connectivity index (χ1v) is 5.90. The van der Waals surface area contributed by atoms with Crippen molar-refractivity contribution in [3.8, 4) is 11.5 Å². The highest BCUT2D eigenvalue weighted by atomic mass is 79.9. The molecule has 0 saturated carbocycles. The summed E-state index contributed by atoms with van der Waals surface area (Å²) in [7, 11) is 1.52. The smallest absolute Gasteiger partial charge is 0.328 e. The van der Waals surface area contributed by atoms with Crippen LogP contribution in [0.25, 0.3) is 6.08 Å². The Labute approximate surface area is 114 Å². The number of hydrogen-bond donors (Lipinski definition) is 1. The molecule has 1 N–H and O–H groups in total. The number of methoxy groups -OCH3 is 1. The Balaban J connectivity index is 3.09. The number of carboxylic acids is 1. The van der Waals surface area contributed by atoms with E-state index < -0.39 is 5.97 Å². The molecule has 0 unspecified atom stereocenters. The number of ether oxygens (including phenoxy) is 2. The lowest BCUT2D eigenvalue weighted by molar-refractivity contribution is -0.131. The minimum absolute atomic E-state index is 0.360. The van der Waals surface area contributed by atoms with E-state index in [0.29, 0.717) is 28.1 Å². The fourth-order valence-electron chi connectivity index (χ4n) is 1.29. The molecule has 0 spiro atoms. The quantitative estimate of drug-likeness (QED) is 0.647. The van der Waals surface area contributed by atoms with Gasteiger partial charge in [0.15, 0.2) is 11.5 Å². The lowest BCUT2D eigenvalue weighted by Crippen LogP contribution is -1.97. The molecule has 0 saturated heterocycles. The first-order valence-electron chi connectivity index (χ1n) is 5.10. The van der Waals surface area contributed by atoms with E-state index in [2.05, 4.69) is 22.5 Å². The van der Waals surface area contributed by atoms with E-state index in [-0.39, 0.29) is 0 Å². The molecule has 0 aliphatic carbocycles. The van der Waals surface area contributed by atoms with Crippen molar-refractivity contribution in [2.75, 3.05) is 13.7 Å². The lowest BCUT2D eigenvalue weighted by Gasteiger charge is -2.12. The van der Waals surface area contributed by atoms with Crippen molar-refractivity contribution in [3.05, 3.63) is 40.9 Å². The molecule has 0 radical (unpaired) electrons. The second-order valence-electron chi connectivity index (χ2n) is 3.31. The molecule has 96 valence electrons. The molecule has 4 nitrogen and oxygen atoms in total. The SMILES string of the molecule is C=CCOc1c(Br)cc(C=CC(=O)O)cc1OC. The van der Waals surface area contributed by atoms with Crippen molar-refractivity contribution in [1.82, 2.24) is 0 Å². The summed E-state index contributed by atoms with van der Waals surface area (Å²) in [5.74, 6) is 0.0817. The van der Waals surface area contributed by atoms with Gasteiger partial charge in [-0.3, -0.25) is 0 Å². The van der Waals surface area contributed by atoms with Crippen LogP contribution in [0, 0.1) is 0 Å². The van der Waals surface area contributed by atoms with Gasteiger partial charge in [0.2, 0.25) is 0 Å². The van der Waals surface area contributed by atoms with Gasteiger partial charge in [-0.2, -0.15) is 0 Å². The van der Waals surface area contributed by atoms with E-state index in [1.807, 2.05) is 0 Å². The minimum Gasteiger partial charge on any atom is -0.493 e. The number of halogens is 1. The number of rotatable bonds is 6. The van der Waals surface area contributed by atoms with Crippen LogP contribution in [-0.2, 0) is 4.79 Å². The monoisotopic (exact) mass is 312 g/mol. The van der Waals surface area contributed by atoms with Gasteiger partial charge in [0.25, 0.3) is 0 Å². The second kappa shape index (κ2) is 6.86. The molecule has 0 bridgehead atoms. The lowest BCUT2D eigenvalue weighted by atomic mass is 10.2. The second-order valence-corrected chi connectivity index (χ2v) is 4.16. The Bertz CT molecular complexity index is 480. The van der Waals surface area contributed by atoms with Crippen molar-refractivity contribution in [2.45, 2.75) is 0 Å². The Morgan fingerprint density at radius 1 is 1.56 bits per heavy atom. The van der Waals surface area contributed by atoms with Crippen LogP contribution in [0.15, 0.2) is 35.3 Å². The van der Waals surface area contributed by atoms with E-state index in [9.17, 15) is 4.79 Å². The standard InChI is InChI=1S/C13H13BrO4/c1-3-6-18-13-10(14)7-9(4-5-12(15)16)8-11(13)17-2/h3-5,7-8H,1,6H2,2H3,(H,15,16). The average molecular weight is 313 g/mol. The van der Waals surface area contributed by atoms with Crippen molar-refractivity contribution >= 4 is 28.0 Å². The van der Waals surface area contributed by atoms with Gasteiger partial charge in [0.1, 0.15) is 6.61 Å². The summed E-state index contributed by atoms with van der Waals surface area (Å²) in [5, 5.41) is 8.58. The fourth-order valence-corrected chi connectivity index (χ4v) is 1.86. The molecule has 0 aliphatic heterocycles. The summed E-state index contributed by atoms with van der Waals surface area (Å²) < 4.78 is 11.3. The zero-order valence-electron chi connectivity index (χ0n) is 9.85. The summed E-state index contributed by atoms with van der Waals surface area (Å²) in [6.07, 6.45) is 4.17. The maximum absolute atomic E-state index is 10.5. The van der Waals surface area contributed by atoms with Gasteiger partial charge in [-0.15, -0.1) is 0 Å². The first kappa shape index (κ1) is 14.3. The van der Waals surface area contributed by atoms with Gasteiger partial charge < -0.3 is 14.6 Å². The number of carbonyl (C=O) groups is 1. The molecule has 0 heterocycles. The predicted molar refractivity (Wildman–Crippen MR) is 73.1 cm³/mol. The van der Waals surface area contributed by atoms with Gasteiger partial charge in [-0.1, -0.05) is 12.7 Å². The highest BCUT2D eigenvalue weighted by molar-refractivity contribution is 9.10. The molecule has 1 rings (SSSR count). The zero-order valence-corrected chi connectivity index (χ0v) is 11.4. The largest absolute Gasteiger partial charge is 0.493 e. The Morgan fingerprint density at radius 2 is 2.28 bits per heavy atom. The zero-order chi connectivity index (χ0) is 13.5. The van der Waals surface area contributed by atoms with Crippen molar-refractivity contribution < 1.29 is 19.4 Å². The molecule has 0 fully saturated rings. The molecule has 5 heteroatoms. The van der Waals surface area contributed by atoms with Crippen LogP contribution in [0.3, 0.4) is 0 Å². The Kier molecular flexibility index (Phi) is 5.45. The van der Waals surface area contributed by atoms with Crippen LogP contribution in [0.2, 0.25) is 0 Å². The molecule has 1 aromatic carbocycles. The number of hydrogen-bond acceptors (Lipinski definition) is 3. The summed E-state index contributed by atoms with van der Waals surface area (Å²) in [4.78, 5) is 10.5. The molecule has 1 aromatic rings. The van der Waals surface area contributed by atoms with E-state index in [4.69, 9.17) is 14.6 Å². The molecular formula is C13H13BrO4. The van der Waals surface area contributed by atoms with Crippen LogP contribution in [-0.4, -0.2) is 24.8 Å². The summed E-state index contributed by atoms with van der Waals surface area (Å²) in [6.45, 7) is 3.93. The third-order valence-electron chi connectivity index (χ3n) is 2.02. The Morgan fingerprint density at radius 3 is 2.83 bits per heavy atom. The van der Waals surface area contributed by atoms with Gasteiger partial charge in [-0.05, 0) is 39.7 Å². The van der Waals surface area contributed by atoms with Gasteiger partial charge in [0, 0.05) is 6.08 Å². The number of benzene rings is 1. The van der Waals surface area contributed by atoms with Gasteiger partial charge in [0.05, 0.1) is 11.6 Å². The molecule has 0 aliphatic rings. The van der Waals surface area contributed by atoms with E-state index in [0.717, 1.165) is 6.08 Å². The van der Waals surface area contributed by atoms with Crippen molar-refractivity contribution in [2.24, 2.45) is 0 Å². The molecular weight excluding hydrogens is 300 g/mol. The maximum Gasteiger partial charge on any atom is 0.328 e. The molecule has 0 atom stereocenters. The average Bonchev–Trinajstić information content (AvgIpc) is 2.34. The van der Waals surface area contributed by atoms with E-state index in [1.54, 1.807) is 18.2 Å². The number of aliphatic carboxylic acids is 1. The van der Waals surface area contributed by atoms with E-state index >= 15 is 0 Å². The maximum atomic E-state index is 10.5. The van der Waals surface area contributed by atoms with Crippen molar-refractivity contribution in [1.29, 1.82) is 0 Å². The Hall–Kier alpha value is -1.75. The number of carboxylic acid groups (broad SMARTS) is 1.